The first kappa shape index (κ1) is 22.6. The van der Waals surface area contributed by atoms with Crippen molar-refractivity contribution in [2.24, 2.45) is 13.0 Å². The van der Waals surface area contributed by atoms with Crippen molar-refractivity contribution in [2.45, 2.75) is 58.3 Å². The second kappa shape index (κ2) is 7.72. The van der Waals surface area contributed by atoms with Gasteiger partial charge in [-0.1, -0.05) is 11.2 Å². The molecule has 2 aliphatic heterocycles. The van der Waals surface area contributed by atoms with Gasteiger partial charge < -0.3 is 18.9 Å². The highest BCUT2D eigenvalue weighted by Gasteiger charge is 2.48. The van der Waals surface area contributed by atoms with Crippen molar-refractivity contribution in [1.29, 1.82) is 0 Å². The van der Waals surface area contributed by atoms with Gasteiger partial charge in [0.05, 0.1) is 34.6 Å². The van der Waals surface area contributed by atoms with Crippen molar-refractivity contribution < 1.29 is 14.4 Å². The lowest BCUT2D eigenvalue weighted by molar-refractivity contribution is -0.140. The van der Waals surface area contributed by atoms with E-state index in [1.54, 1.807) is 0 Å². The van der Waals surface area contributed by atoms with E-state index in [0.29, 0.717) is 18.7 Å². The van der Waals surface area contributed by atoms with Crippen LogP contribution in [0.3, 0.4) is 0 Å². The fraction of sp³-hybridized carbons (Fsp3) is 0.429. The molecule has 0 aromatic carbocycles. The first-order valence-corrected chi connectivity index (χ1v) is 12.8. The highest BCUT2D eigenvalue weighted by atomic mass is 16.5. The summed E-state index contributed by atoms with van der Waals surface area (Å²) >= 11 is 0. The molecular formula is C28H30N6O3. The zero-order valence-corrected chi connectivity index (χ0v) is 21.7. The van der Waals surface area contributed by atoms with E-state index in [0.717, 1.165) is 62.3 Å². The van der Waals surface area contributed by atoms with Gasteiger partial charge in [0.1, 0.15) is 28.1 Å². The molecule has 7 rings (SSSR count). The third kappa shape index (κ3) is 3.04. The van der Waals surface area contributed by atoms with Gasteiger partial charge in [0, 0.05) is 37.2 Å². The summed E-state index contributed by atoms with van der Waals surface area (Å²) in [6.45, 7) is 8.41. The van der Waals surface area contributed by atoms with E-state index in [4.69, 9.17) is 24.3 Å². The first-order valence-electron chi connectivity index (χ1n) is 12.8. The Kier molecular flexibility index (Phi) is 4.72. The number of hydrogen-bond donors (Lipinski definition) is 1. The molecule has 5 aromatic rings. The van der Waals surface area contributed by atoms with Gasteiger partial charge in [0.2, 0.25) is 0 Å². The quantitative estimate of drug-likeness (QED) is 0.382. The molecule has 190 valence electrons. The summed E-state index contributed by atoms with van der Waals surface area (Å²) in [5.74, 6) is 0.978. The third-order valence-corrected chi connectivity index (χ3v) is 8.42. The van der Waals surface area contributed by atoms with Gasteiger partial charge in [-0.25, -0.2) is 0 Å². The molecule has 9 nitrogen and oxygen atoms in total. The highest BCUT2D eigenvalue weighted by molar-refractivity contribution is 6.06. The number of pyridine rings is 2. The van der Waals surface area contributed by atoms with Crippen molar-refractivity contribution in [3.63, 3.8) is 0 Å². The summed E-state index contributed by atoms with van der Waals surface area (Å²) in [7, 11) is 1.92. The Morgan fingerprint density at radius 2 is 2.00 bits per heavy atom. The summed E-state index contributed by atoms with van der Waals surface area (Å²) in [5, 5.41) is 20.9. The molecule has 2 bridgehead atoms. The molecule has 4 unspecified atom stereocenters. The van der Waals surface area contributed by atoms with Gasteiger partial charge in [-0.2, -0.15) is 5.10 Å². The maximum Gasteiger partial charge on any atom is 0.141 e. The Balaban J connectivity index is 1.64. The minimum absolute atomic E-state index is 0.0617. The molecule has 2 aliphatic rings. The maximum absolute atomic E-state index is 11.9. The smallest absolute Gasteiger partial charge is 0.141 e. The number of ether oxygens (including phenoxy) is 1. The Morgan fingerprint density at radius 1 is 1.16 bits per heavy atom. The Morgan fingerprint density at radius 3 is 2.76 bits per heavy atom. The number of rotatable bonds is 2. The average molecular weight is 499 g/mol. The van der Waals surface area contributed by atoms with Crippen LogP contribution in [0.15, 0.2) is 35.1 Å². The number of nitrogens with zero attached hydrogens (tertiary/aromatic N) is 6. The van der Waals surface area contributed by atoms with Crippen LogP contribution in [0, 0.1) is 26.7 Å². The van der Waals surface area contributed by atoms with Gasteiger partial charge in [-0.15, -0.1) is 0 Å². The minimum atomic E-state index is -1.25. The van der Waals surface area contributed by atoms with Crippen LogP contribution < -0.4 is 0 Å². The molecular weight excluding hydrogens is 468 g/mol. The molecule has 4 atom stereocenters. The van der Waals surface area contributed by atoms with Crippen LogP contribution in [0.2, 0.25) is 0 Å². The van der Waals surface area contributed by atoms with E-state index in [1.807, 2.05) is 51.0 Å². The molecule has 37 heavy (non-hydrogen) atoms. The monoisotopic (exact) mass is 498 g/mol. The minimum Gasteiger partial charge on any atom is -0.381 e. The SMILES string of the molecule is Cc1cccnc1C1C2CCOC(C2)C(C)(O)c2nn(C)c3c4ncc(-c5c(C)noc5C)cc4n1c23. The fourth-order valence-electron chi connectivity index (χ4n) is 6.63. The van der Waals surface area contributed by atoms with Crippen LogP contribution in [0.1, 0.15) is 54.2 Å². The van der Waals surface area contributed by atoms with Crippen LogP contribution >= 0.6 is 0 Å². The summed E-state index contributed by atoms with van der Waals surface area (Å²) in [6.07, 6.45) is 4.98. The molecule has 7 heterocycles. The third-order valence-electron chi connectivity index (χ3n) is 8.42. The van der Waals surface area contributed by atoms with E-state index >= 15 is 0 Å². The van der Waals surface area contributed by atoms with Crippen molar-refractivity contribution in [1.82, 2.24) is 29.5 Å². The summed E-state index contributed by atoms with van der Waals surface area (Å²) in [4.78, 5) is 9.89. The van der Waals surface area contributed by atoms with Gasteiger partial charge in [0.15, 0.2) is 0 Å². The number of aliphatic hydroxyl groups is 1. The van der Waals surface area contributed by atoms with E-state index in [1.165, 1.54) is 0 Å². The summed E-state index contributed by atoms with van der Waals surface area (Å²) < 4.78 is 15.8. The van der Waals surface area contributed by atoms with Crippen LogP contribution in [-0.2, 0) is 17.4 Å². The molecule has 1 N–H and O–H groups in total. The van der Waals surface area contributed by atoms with Crippen molar-refractivity contribution in [3.8, 4) is 11.1 Å². The topological polar surface area (TPSA) is 104 Å². The second-order valence-corrected chi connectivity index (χ2v) is 10.8. The largest absolute Gasteiger partial charge is 0.381 e. The number of fused-ring (bicyclic) bond motifs is 5. The molecule has 0 spiro atoms. The zero-order valence-electron chi connectivity index (χ0n) is 21.7. The lowest BCUT2D eigenvalue weighted by Gasteiger charge is -2.43. The molecule has 1 saturated heterocycles. The Labute approximate surface area is 214 Å². The number of aromatic nitrogens is 6. The van der Waals surface area contributed by atoms with E-state index in [-0.39, 0.29) is 18.1 Å². The van der Waals surface area contributed by atoms with Gasteiger partial charge in [-0.05, 0) is 64.2 Å². The Hall–Kier alpha value is -3.56. The normalized spacial score (nSPS) is 25.5. The molecule has 0 saturated carbocycles. The van der Waals surface area contributed by atoms with Crippen molar-refractivity contribution in [3.05, 3.63) is 59.0 Å². The highest BCUT2D eigenvalue weighted by Crippen LogP contribution is 2.49. The van der Waals surface area contributed by atoms with E-state index in [2.05, 4.69) is 28.8 Å². The lowest BCUT2D eigenvalue weighted by atomic mass is 9.78. The van der Waals surface area contributed by atoms with Crippen LogP contribution in [0.25, 0.3) is 33.2 Å². The summed E-state index contributed by atoms with van der Waals surface area (Å²) in [5.41, 5.74) is 7.89. The summed E-state index contributed by atoms with van der Waals surface area (Å²) in [6, 6.07) is 6.22. The predicted molar refractivity (Wildman–Crippen MR) is 138 cm³/mol. The molecule has 9 heteroatoms. The molecule has 0 radical (unpaired) electrons. The lowest BCUT2D eigenvalue weighted by Crippen LogP contribution is -2.46. The molecule has 5 aromatic heterocycles. The van der Waals surface area contributed by atoms with Crippen LogP contribution in [-0.4, -0.2) is 47.3 Å². The fourth-order valence-corrected chi connectivity index (χ4v) is 6.63. The van der Waals surface area contributed by atoms with Gasteiger partial charge in [0.25, 0.3) is 0 Å². The van der Waals surface area contributed by atoms with E-state index in [9.17, 15) is 5.11 Å². The van der Waals surface area contributed by atoms with Crippen LogP contribution in [0.4, 0.5) is 0 Å². The maximum atomic E-state index is 11.9. The van der Waals surface area contributed by atoms with E-state index < -0.39 is 5.60 Å². The number of hydrogen-bond acceptors (Lipinski definition) is 7. The standard InChI is InChI=1S/C28H30N6O3/c1-14-7-6-9-29-22(14)24-17-8-10-36-20(12-17)28(4,35)27-26-25(33(5)31-27)23-19(34(24)26)11-18(13-30-23)21-15(2)32-37-16(21)3/h6-7,9,11,13,17,20,24,35H,8,10,12H2,1-5H3. The molecule has 0 aliphatic carbocycles. The zero-order chi connectivity index (χ0) is 25.6. The van der Waals surface area contributed by atoms with Gasteiger partial charge >= 0.3 is 0 Å². The van der Waals surface area contributed by atoms with Crippen LogP contribution in [0.5, 0.6) is 0 Å². The van der Waals surface area contributed by atoms with Crippen molar-refractivity contribution in [2.75, 3.05) is 6.61 Å². The Bertz CT molecular complexity index is 1670. The molecule has 1 fully saturated rings. The number of aryl methyl sites for hydroxylation is 4. The molecule has 0 amide bonds. The second-order valence-electron chi connectivity index (χ2n) is 10.8. The van der Waals surface area contributed by atoms with Gasteiger partial charge in [-0.3, -0.25) is 14.6 Å². The average Bonchev–Trinajstić information content (AvgIpc) is 3.51. The van der Waals surface area contributed by atoms with Crippen molar-refractivity contribution >= 4 is 22.1 Å². The predicted octanol–water partition coefficient (Wildman–Crippen LogP) is 4.50. The first-order chi connectivity index (χ1) is 17.8.